The first-order chi connectivity index (χ1) is 12.8. The molecule has 3 heterocycles. The van der Waals surface area contributed by atoms with E-state index in [-0.39, 0.29) is 12.5 Å². The molecule has 8 heteroatoms. The van der Waals surface area contributed by atoms with E-state index < -0.39 is 6.10 Å². The number of ether oxygens (including phenoxy) is 4. The van der Waals surface area contributed by atoms with Crippen LogP contribution in [0.15, 0.2) is 36.4 Å². The number of hydrogen-bond acceptors (Lipinski definition) is 7. The molecule has 2 aliphatic heterocycles. The topological polar surface area (TPSA) is 78.9 Å². The Hall–Kier alpha value is -3.00. The Bertz CT molecular complexity index is 959. The molecule has 0 radical (unpaired) electrons. The van der Waals surface area contributed by atoms with E-state index in [4.69, 9.17) is 18.9 Å². The van der Waals surface area contributed by atoms with Crippen LogP contribution in [0.2, 0.25) is 0 Å². The fourth-order valence-corrected chi connectivity index (χ4v) is 3.73. The number of carbonyl (C=O) groups is 1. The average Bonchev–Trinajstić information content (AvgIpc) is 3.06. The van der Waals surface area contributed by atoms with E-state index in [9.17, 15) is 4.79 Å². The second kappa shape index (κ2) is 6.06. The smallest absolute Gasteiger partial charge is 0.270 e. The van der Waals surface area contributed by atoms with Gasteiger partial charge in [0, 0.05) is 12.1 Å². The summed E-state index contributed by atoms with van der Waals surface area (Å²) in [5.74, 6) is 2.28. The summed E-state index contributed by atoms with van der Waals surface area (Å²) in [5, 5.41) is 3.30. The maximum Gasteiger partial charge on any atom is 0.270 e. The lowest BCUT2D eigenvalue weighted by atomic mass is 10.2. The second-order valence-electron chi connectivity index (χ2n) is 5.84. The summed E-state index contributed by atoms with van der Waals surface area (Å²) >= 11 is 1.37. The molecule has 3 aromatic rings. The maximum absolute atomic E-state index is 12.5. The molecule has 5 rings (SSSR count). The minimum atomic E-state index is -0.725. The van der Waals surface area contributed by atoms with Crippen molar-refractivity contribution in [2.45, 2.75) is 6.10 Å². The second-order valence-corrected chi connectivity index (χ2v) is 6.87. The Morgan fingerprint density at radius 3 is 2.65 bits per heavy atom. The van der Waals surface area contributed by atoms with Gasteiger partial charge >= 0.3 is 0 Å². The van der Waals surface area contributed by atoms with E-state index in [1.807, 2.05) is 30.3 Å². The monoisotopic (exact) mass is 370 g/mol. The molecule has 132 valence electrons. The molecule has 7 nitrogen and oxygen atoms in total. The van der Waals surface area contributed by atoms with E-state index in [0.717, 1.165) is 10.2 Å². The minimum absolute atomic E-state index is 0.156. The van der Waals surface area contributed by atoms with Crippen molar-refractivity contribution in [3.05, 3.63) is 36.4 Å². The molecule has 0 saturated carbocycles. The van der Waals surface area contributed by atoms with Crippen molar-refractivity contribution in [1.29, 1.82) is 0 Å². The van der Waals surface area contributed by atoms with Crippen molar-refractivity contribution in [3.63, 3.8) is 0 Å². The molecule has 0 fully saturated rings. The third-order valence-electron chi connectivity index (χ3n) is 4.08. The molecule has 0 saturated heterocycles. The Labute approximate surface area is 152 Å². The molecule has 0 unspecified atom stereocenters. The largest absolute Gasteiger partial charge is 0.486 e. The third kappa shape index (κ3) is 2.68. The van der Waals surface area contributed by atoms with Gasteiger partial charge in [-0.05, 0) is 12.1 Å². The van der Waals surface area contributed by atoms with Gasteiger partial charge < -0.3 is 18.9 Å². The molecular weight excluding hydrogens is 356 g/mol. The number of hydrogen-bond donors (Lipinski definition) is 1. The lowest BCUT2D eigenvalue weighted by Crippen LogP contribution is -2.40. The number of fused-ring (bicyclic) bond motifs is 3. The number of thiazole rings is 1. The van der Waals surface area contributed by atoms with E-state index in [1.54, 1.807) is 6.07 Å². The van der Waals surface area contributed by atoms with Gasteiger partial charge in [-0.1, -0.05) is 23.5 Å². The summed E-state index contributed by atoms with van der Waals surface area (Å²) in [6.45, 7) is 1.21. The van der Waals surface area contributed by atoms with Crippen LogP contribution in [0.5, 0.6) is 23.0 Å². The summed E-state index contributed by atoms with van der Waals surface area (Å²) in [6.07, 6.45) is -0.725. The number of aromatic nitrogens is 1. The summed E-state index contributed by atoms with van der Waals surface area (Å²) in [7, 11) is 0. The standard InChI is InChI=1S/C18H14N2O5S/c21-17(15-9-24-11-3-1-2-4-12(11)25-15)20-18-19-10-7-13-14(8-16(10)26-18)23-6-5-22-13/h1-4,7-8,15H,5-6,9H2,(H,19,20,21)/t15-/m1/s1. The maximum atomic E-state index is 12.5. The van der Waals surface area contributed by atoms with Crippen LogP contribution < -0.4 is 24.3 Å². The molecule has 2 aromatic carbocycles. The number of amides is 1. The molecule has 1 amide bonds. The van der Waals surface area contributed by atoms with Gasteiger partial charge in [-0.25, -0.2) is 4.98 Å². The lowest BCUT2D eigenvalue weighted by molar-refractivity contribution is -0.125. The van der Waals surface area contributed by atoms with Gasteiger partial charge in [0.15, 0.2) is 28.1 Å². The van der Waals surface area contributed by atoms with Gasteiger partial charge in [0.2, 0.25) is 6.10 Å². The number of anilines is 1. The van der Waals surface area contributed by atoms with Gasteiger partial charge in [-0.2, -0.15) is 0 Å². The highest BCUT2D eigenvalue weighted by molar-refractivity contribution is 7.22. The Morgan fingerprint density at radius 1 is 1.04 bits per heavy atom. The van der Waals surface area contributed by atoms with E-state index in [1.165, 1.54) is 11.3 Å². The van der Waals surface area contributed by atoms with Crippen LogP contribution in [-0.2, 0) is 4.79 Å². The Morgan fingerprint density at radius 2 is 1.81 bits per heavy atom. The molecule has 0 bridgehead atoms. The van der Waals surface area contributed by atoms with Crippen molar-refractivity contribution in [2.24, 2.45) is 0 Å². The predicted octanol–water partition coefficient (Wildman–Crippen LogP) is 2.85. The molecule has 0 aliphatic carbocycles. The lowest BCUT2D eigenvalue weighted by Gasteiger charge is -2.25. The zero-order valence-corrected chi connectivity index (χ0v) is 14.4. The highest BCUT2D eigenvalue weighted by Gasteiger charge is 2.28. The molecule has 26 heavy (non-hydrogen) atoms. The number of nitrogens with zero attached hydrogens (tertiary/aromatic N) is 1. The zero-order chi connectivity index (χ0) is 17.5. The minimum Gasteiger partial charge on any atom is -0.486 e. The first kappa shape index (κ1) is 15.3. The molecular formula is C18H14N2O5S. The van der Waals surface area contributed by atoms with Gasteiger partial charge in [0.1, 0.15) is 19.8 Å². The molecule has 1 N–H and O–H groups in total. The van der Waals surface area contributed by atoms with Gasteiger partial charge in [-0.15, -0.1) is 0 Å². The molecule has 1 atom stereocenters. The van der Waals surface area contributed by atoms with E-state index in [2.05, 4.69) is 10.3 Å². The van der Waals surface area contributed by atoms with Gasteiger partial charge in [0.05, 0.1) is 10.2 Å². The predicted molar refractivity (Wildman–Crippen MR) is 95.6 cm³/mol. The summed E-state index contributed by atoms with van der Waals surface area (Å²) in [4.78, 5) is 17.0. The van der Waals surface area contributed by atoms with Gasteiger partial charge in [0.25, 0.3) is 5.91 Å². The van der Waals surface area contributed by atoms with Gasteiger partial charge in [-0.3, -0.25) is 10.1 Å². The molecule has 2 aliphatic rings. The first-order valence-corrected chi connectivity index (χ1v) is 8.97. The van der Waals surface area contributed by atoms with Crippen molar-refractivity contribution in [1.82, 2.24) is 4.98 Å². The van der Waals surface area contributed by atoms with Crippen LogP contribution in [0.25, 0.3) is 10.2 Å². The number of rotatable bonds is 2. The summed E-state index contributed by atoms with van der Waals surface area (Å²) in [5.41, 5.74) is 0.751. The van der Waals surface area contributed by atoms with Crippen LogP contribution in [0, 0.1) is 0 Å². The van der Waals surface area contributed by atoms with Crippen LogP contribution in [0.1, 0.15) is 0 Å². The number of benzene rings is 2. The Kier molecular flexibility index (Phi) is 3.56. The fourth-order valence-electron chi connectivity index (χ4n) is 2.85. The van der Waals surface area contributed by atoms with E-state index in [0.29, 0.717) is 41.3 Å². The van der Waals surface area contributed by atoms with Crippen molar-refractivity contribution in [3.8, 4) is 23.0 Å². The zero-order valence-electron chi connectivity index (χ0n) is 13.6. The third-order valence-corrected chi connectivity index (χ3v) is 5.02. The van der Waals surface area contributed by atoms with Crippen molar-refractivity contribution >= 4 is 32.6 Å². The quantitative estimate of drug-likeness (QED) is 0.747. The molecule has 0 spiro atoms. The Balaban J connectivity index is 1.35. The van der Waals surface area contributed by atoms with Crippen molar-refractivity contribution < 1.29 is 23.7 Å². The number of nitrogens with one attached hydrogen (secondary N) is 1. The average molecular weight is 370 g/mol. The summed E-state index contributed by atoms with van der Waals surface area (Å²) in [6, 6.07) is 11.0. The van der Waals surface area contributed by atoms with Crippen LogP contribution in [-0.4, -0.2) is 36.8 Å². The molecule has 1 aromatic heterocycles. The van der Waals surface area contributed by atoms with Crippen LogP contribution in [0.3, 0.4) is 0 Å². The number of carbonyl (C=O) groups excluding carboxylic acids is 1. The first-order valence-electron chi connectivity index (χ1n) is 8.16. The SMILES string of the molecule is O=C(Nc1nc2cc3c(cc2s1)OCCO3)[C@H]1COc2ccccc2O1. The highest BCUT2D eigenvalue weighted by Crippen LogP contribution is 2.38. The van der Waals surface area contributed by atoms with Crippen LogP contribution >= 0.6 is 11.3 Å². The summed E-state index contributed by atoms with van der Waals surface area (Å²) < 4.78 is 23.4. The normalized spacial score (nSPS) is 17.8. The van der Waals surface area contributed by atoms with E-state index >= 15 is 0 Å². The van der Waals surface area contributed by atoms with Crippen LogP contribution in [0.4, 0.5) is 5.13 Å². The highest BCUT2D eigenvalue weighted by atomic mass is 32.1. The fraction of sp³-hybridized carbons (Fsp3) is 0.222. The van der Waals surface area contributed by atoms with Crippen molar-refractivity contribution in [2.75, 3.05) is 25.1 Å². The number of para-hydroxylation sites is 2.